The third-order valence-corrected chi connectivity index (χ3v) is 5.20. The van der Waals surface area contributed by atoms with Gasteiger partial charge in [0.05, 0.1) is 5.57 Å². The van der Waals surface area contributed by atoms with E-state index in [0.29, 0.717) is 17.8 Å². The highest BCUT2D eigenvalue weighted by Gasteiger charge is 2.42. The van der Waals surface area contributed by atoms with Crippen LogP contribution in [0, 0.1) is 19.8 Å². The van der Waals surface area contributed by atoms with Gasteiger partial charge in [0.1, 0.15) is 5.70 Å². The largest absolute Gasteiger partial charge is 0.396 e. The molecular formula is C21H26N2O3. The maximum Gasteiger partial charge on any atom is 0.278 e. The number of nitrogens with zero attached hydrogens (tertiary/aromatic N) is 2. The lowest BCUT2D eigenvalue weighted by molar-refractivity contribution is -0.137. The van der Waals surface area contributed by atoms with Crippen LogP contribution in [-0.2, 0) is 9.59 Å². The Kier molecular flexibility index (Phi) is 5.28. The zero-order chi connectivity index (χ0) is 18.8. The molecular weight excluding hydrogens is 328 g/mol. The number of imide groups is 1. The van der Waals surface area contributed by atoms with Crippen LogP contribution in [0.25, 0.3) is 5.57 Å². The van der Waals surface area contributed by atoms with Crippen molar-refractivity contribution in [2.75, 3.05) is 26.2 Å². The van der Waals surface area contributed by atoms with Crippen molar-refractivity contribution in [2.45, 2.75) is 26.7 Å². The van der Waals surface area contributed by atoms with E-state index < -0.39 is 0 Å². The lowest BCUT2D eigenvalue weighted by Crippen LogP contribution is -2.40. The zero-order valence-corrected chi connectivity index (χ0v) is 15.5. The minimum Gasteiger partial charge on any atom is -0.396 e. The summed E-state index contributed by atoms with van der Waals surface area (Å²) in [6.45, 7) is 9.27. The molecule has 26 heavy (non-hydrogen) atoms. The summed E-state index contributed by atoms with van der Waals surface area (Å²) in [6, 6.07) is 5.92. The number of aliphatic hydroxyl groups is 1. The average Bonchev–Trinajstić information content (AvgIpc) is 2.87. The maximum absolute atomic E-state index is 13.1. The third-order valence-electron chi connectivity index (χ3n) is 5.20. The fourth-order valence-corrected chi connectivity index (χ4v) is 3.91. The summed E-state index contributed by atoms with van der Waals surface area (Å²) >= 11 is 0. The number of carbonyl (C=O) groups excluding carboxylic acids is 2. The number of hydrogen-bond donors (Lipinski definition) is 1. The molecule has 138 valence electrons. The summed E-state index contributed by atoms with van der Waals surface area (Å²) in [5, 5.41) is 9.55. The Hall–Kier alpha value is -2.40. The molecule has 3 rings (SSSR count). The van der Waals surface area contributed by atoms with Crippen molar-refractivity contribution in [3.8, 4) is 0 Å². The lowest BCUT2D eigenvalue weighted by atomic mass is 9.95. The predicted octanol–water partition coefficient (Wildman–Crippen LogP) is 2.27. The van der Waals surface area contributed by atoms with Gasteiger partial charge < -0.3 is 10.0 Å². The molecule has 2 aliphatic rings. The molecule has 0 aromatic heterocycles. The van der Waals surface area contributed by atoms with Crippen LogP contribution in [0.4, 0.5) is 0 Å². The average molecular weight is 354 g/mol. The molecule has 0 spiro atoms. The minimum atomic E-state index is -0.261. The molecule has 1 atom stereocenters. The number of carbonyl (C=O) groups is 2. The number of piperidine rings is 1. The van der Waals surface area contributed by atoms with Crippen LogP contribution in [0.1, 0.15) is 29.5 Å². The monoisotopic (exact) mass is 354 g/mol. The van der Waals surface area contributed by atoms with Gasteiger partial charge in [-0.2, -0.15) is 0 Å². The van der Waals surface area contributed by atoms with Gasteiger partial charge in [0.25, 0.3) is 11.8 Å². The molecule has 0 saturated carbocycles. The fraction of sp³-hybridized carbons (Fsp3) is 0.429. The van der Waals surface area contributed by atoms with E-state index in [2.05, 4.69) is 6.58 Å². The second kappa shape index (κ2) is 7.46. The van der Waals surface area contributed by atoms with Crippen molar-refractivity contribution in [2.24, 2.45) is 5.92 Å². The molecule has 2 heterocycles. The first kappa shape index (κ1) is 18.4. The molecule has 1 saturated heterocycles. The first-order valence-electron chi connectivity index (χ1n) is 9.12. The van der Waals surface area contributed by atoms with Gasteiger partial charge in [0, 0.05) is 26.2 Å². The highest BCUT2D eigenvalue weighted by atomic mass is 16.3. The van der Waals surface area contributed by atoms with Gasteiger partial charge >= 0.3 is 0 Å². The highest BCUT2D eigenvalue weighted by molar-refractivity contribution is 6.35. The van der Waals surface area contributed by atoms with E-state index in [9.17, 15) is 14.7 Å². The molecule has 0 radical (unpaired) electrons. The maximum atomic E-state index is 13.1. The second-order valence-corrected chi connectivity index (χ2v) is 7.19. The fourth-order valence-electron chi connectivity index (χ4n) is 3.91. The van der Waals surface area contributed by atoms with Gasteiger partial charge in [-0.15, -0.1) is 6.58 Å². The minimum absolute atomic E-state index is 0.0984. The Bertz CT molecular complexity index is 781. The van der Waals surface area contributed by atoms with Crippen molar-refractivity contribution >= 4 is 17.4 Å². The second-order valence-electron chi connectivity index (χ2n) is 7.19. The Labute approximate surface area is 154 Å². The van der Waals surface area contributed by atoms with Crippen LogP contribution in [-0.4, -0.2) is 53.0 Å². The number of hydrogen-bond acceptors (Lipinski definition) is 4. The first-order valence-corrected chi connectivity index (χ1v) is 9.12. The molecule has 1 aromatic carbocycles. The van der Waals surface area contributed by atoms with Gasteiger partial charge in [-0.05, 0) is 43.7 Å². The molecule has 0 bridgehead atoms. The molecule has 1 unspecified atom stereocenters. The van der Waals surface area contributed by atoms with E-state index in [4.69, 9.17) is 0 Å². The number of aryl methyl sites for hydroxylation is 2. The topological polar surface area (TPSA) is 60.9 Å². The van der Waals surface area contributed by atoms with Crippen molar-refractivity contribution in [1.82, 2.24) is 9.80 Å². The summed E-state index contributed by atoms with van der Waals surface area (Å²) < 4.78 is 0. The quantitative estimate of drug-likeness (QED) is 0.651. The molecule has 2 amide bonds. The van der Waals surface area contributed by atoms with E-state index in [1.807, 2.05) is 36.9 Å². The van der Waals surface area contributed by atoms with Crippen molar-refractivity contribution in [3.05, 3.63) is 53.2 Å². The molecule has 1 aromatic rings. The standard InChI is InChI=1S/C21H26N2O3/c1-4-9-23-20(25)18(17-8-7-14(2)11-15(17)3)19(21(23)26)22-10-5-6-16(12-22)13-24/h4,7-8,11,16,24H,1,5-6,9-10,12-13H2,2-3H3. The summed E-state index contributed by atoms with van der Waals surface area (Å²) in [5.41, 5.74) is 3.86. The van der Waals surface area contributed by atoms with E-state index in [0.717, 1.165) is 36.1 Å². The summed E-state index contributed by atoms with van der Waals surface area (Å²) in [6.07, 6.45) is 3.42. The molecule has 0 aliphatic carbocycles. The van der Waals surface area contributed by atoms with Crippen LogP contribution in [0.3, 0.4) is 0 Å². The lowest BCUT2D eigenvalue weighted by Gasteiger charge is -2.34. The number of amides is 2. The summed E-state index contributed by atoms with van der Waals surface area (Å²) in [7, 11) is 0. The van der Waals surface area contributed by atoms with Crippen LogP contribution in [0.5, 0.6) is 0 Å². The van der Waals surface area contributed by atoms with Crippen molar-refractivity contribution in [3.63, 3.8) is 0 Å². The number of likely N-dealkylation sites (tertiary alicyclic amines) is 1. The van der Waals surface area contributed by atoms with Gasteiger partial charge in [-0.3, -0.25) is 14.5 Å². The Balaban J connectivity index is 2.11. The first-order chi connectivity index (χ1) is 12.5. The smallest absolute Gasteiger partial charge is 0.278 e. The number of rotatable bonds is 5. The molecule has 2 aliphatic heterocycles. The van der Waals surface area contributed by atoms with Gasteiger partial charge in [-0.25, -0.2) is 0 Å². The van der Waals surface area contributed by atoms with Gasteiger partial charge in [0.15, 0.2) is 0 Å². The van der Waals surface area contributed by atoms with Crippen LogP contribution < -0.4 is 0 Å². The van der Waals surface area contributed by atoms with E-state index >= 15 is 0 Å². The molecule has 5 nitrogen and oxygen atoms in total. The SMILES string of the molecule is C=CCN1C(=O)C(c2ccc(C)cc2C)=C(N2CCCC(CO)C2)C1=O. The molecule has 1 fully saturated rings. The normalized spacial score (nSPS) is 21.0. The molecule has 5 heteroatoms. The Morgan fingerprint density at radius 2 is 2.04 bits per heavy atom. The Morgan fingerprint density at radius 1 is 1.27 bits per heavy atom. The van der Waals surface area contributed by atoms with E-state index in [1.54, 1.807) is 6.08 Å². The molecule has 1 N–H and O–H groups in total. The number of aliphatic hydroxyl groups excluding tert-OH is 1. The summed E-state index contributed by atoms with van der Waals surface area (Å²) in [4.78, 5) is 29.4. The predicted molar refractivity (Wildman–Crippen MR) is 101 cm³/mol. The van der Waals surface area contributed by atoms with Crippen molar-refractivity contribution < 1.29 is 14.7 Å². The number of benzene rings is 1. The van der Waals surface area contributed by atoms with E-state index in [1.165, 1.54) is 4.90 Å². The van der Waals surface area contributed by atoms with E-state index in [-0.39, 0.29) is 30.9 Å². The summed E-state index contributed by atoms with van der Waals surface area (Å²) in [5.74, 6) is -0.389. The van der Waals surface area contributed by atoms with Crippen LogP contribution in [0.2, 0.25) is 0 Å². The van der Waals surface area contributed by atoms with Crippen LogP contribution >= 0.6 is 0 Å². The van der Waals surface area contributed by atoms with Crippen LogP contribution in [0.15, 0.2) is 36.6 Å². The highest BCUT2D eigenvalue weighted by Crippen LogP contribution is 2.35. The zero-order valence-electron chi connectivity index (χ0n) is 15.5. The third kappa shape index (κ3) is 3.19. The van der Waals surface area contributed by atoms with Gasteiger partial charge in [0.2, 0.25) is 0 Å². The van der Waals surface area contributed by atoms with Gasteiger partial charge in [-0.1, -0.05) is 29.8 Å². The Morgan fingerprint density at radius 3 is 2.69 bits per heavy atom. The van der Waals surface area contributed by atoms with Crippen molar-refractivity contribution in [1.29, 1.82) is 0 Å².